The Morgan fingerprint density at radius 3 is 2.93 bits per heavy atom. The number of aromatic amines is 1. The minimum absolute atomic E-state index is 0.160. The molecule has 0 atom stereocenters. The molecule has 0 saturated heterocycles. The molecule has 0 aliphatic carbocycles. The van der Waals surface area contributed by atoms with E-state index in [0.29, 0.717) is 21.1 Å². The van der Waals surface area contributed by atoms with Gasteiger partial charge in [-0.3, -0.25) is 19.3 Å². The maximum atomic E-state index is 12.3. The highest BCUT2D eigenvalue weighted by atomic mass is 35.5. The van der Waals surface area contributed by atoms with E-state index in [-0.39, 0.29) is 28.3 Å². The number of benzene rings is 1. The van der Waals surface area contributed by atoms with E-state index in [1.807, 2.05) is 0 Å². The van der Waals surface area contributed by atoms with Gasteiger partial charge in [-0.2, -0.15) is 5.10 Å². The summed E-state index contributed by atoms with van der Waals surface area (Å²) in [4.78, 5) is 24.0. The van der Waals surface area contributed by atoms with Crippen LogP contribution in [0.3, 0.4) is 0 Å². The molecule has 1 aliphatic rings. The van der Waals surface area contributed by atoms with E-state index in [9.17, 15) is 14.7 Å². The molecule has 12 heteroatoms. The van der Waals surface area contributed by atoms with Gasteiger partial charge in [0.15, 0.2) is 5.15 Å². The fourth-order valence-corrected chi connectivity index (χ4v) is 3.64. The van der Waals surface area contributed by atoms with Crippen molar-refractivity contribution in [3.05, 3.63) is 69.4 Å². The number of thiazole rings is 1. The summed E-state index contributed by atoms with van der Waals surface area (Å²) in [5.74, 6) is -0.260. The monoisotopic (exact) mass is 422 g/mol. The maximum absolute atomic E-state index is 12.3. The molecule has 3 aromatic rings. The van der Waals surface area contributed by atoms with Crippen LogP contribution < -0.4 is 20.9 Å². The largest absolute Gasteiger partial charge is 0.493 e. The summed E-state index contributed by atoms with van der Waals surface area (Å²) < 4.78 is 1.08. The molecule has 0 radical (unpaired) electrons. The van der Waals surface area contributed by atoms with Gasteiger partial charge in [0.1, 0.15) is 16.1 Å². The first-order valence-corrected chi connectivity index (χ1v) is 8.97. The average Bonchev–Trinajstić information content (AvgIpc) is 3.21. The standard InChI is InChI=1S/C15H8Cl2N6O3S/c16-11-9(18-21-13(17)12(11)24)5-23-14(25)10(27-15(23)26)4-6-1-2-7-8(3-6)20-22-19-7/h1-4,25H,5H2,(H,18,24). The molecule has 0 bridgehead atoms. The SMILES string of the molecule is O=c1c(Cl)n[nH]c(Cn2c(O)c(C=c3ccc4c(c3)N=NN=4)sc2=O)c1Cl. The van der Waals surface area contributed by atoms with Gasteiger partial charge in [-0.05, 0) is 28.7 Å². The van der Waals surface area contributed by atoms with Gasteiger partial charge in [-0.25, -0.2) is 0 Å². The van der Waals surface area contributed by atoms with Gasteiger partial charge in [0.2, 0.25) is 11.3 Å². The molecule has 4 rings (SSSR count). The number of halogens is 2. The van der Waals surface area contributed by atoms with Crippen molar-refractivity contribution in [1.82, 2.24) is 14.8 Å². The number of hydrogen-bond acceptors (Lipinski definition) is 8. The van der Waals surface area contributed by atoms with Crippen molar-refractivity contribution in [3.8, 4) is 5.88 Å². The Kier molecular flexibility index (Phi) is 4.38. The first-order valence-electron chi connectivity index (χ1n) is 7.39. The summed E-state index contributed by atoms with van der Waals surface area (Å²) in [6.07, 6.45) is 1.64. The number of rotatable bonds is 3. The Bertz CT molecular complexity index is 1340. The Balaban J connectivity index is 1.75. The van der Waals surface area contributed by atoms with Crippen molar-refractivity contribution < 1.29 is 5.11 Å². The van der Waals surface area contributed by atoms with E-state index in [4.69, 9.17) is 23.2 Å². The van der Waals surface area contributed by atoms with Crippen LogP contribution in [0.2, 0.25) is 10.2 Å². The number of H-pyrrole nitrogens is 1. The lowest BCUT2D eigenvalue weighted by Crippen LogP contribution is -2.18. The Labute approximate surface area is 163 Å². The van der Waals surface area contributed by atoms with E-state index in [1.165, 1.54) is 0 Å². The first kappa shape index (κ1) is 17.6. The maximum Gasteiger partial charge on any atom is 0.310 e. The topological polar surface area (TPSA) is 125 Å². The molecular weight excluding hydrogens is 415 g/mol. The fraction of sp³-hybridized carbons (Fsp3) is 0.0667. The molecule has 9 nitrogen and oxygen atoms in total. The smallest absolute Gasteiger partial charge is 0.310 e. The minimum Gasteiger partial charge on any atom is -0.493 e. The van der Waals surface area contributed by atoms with Crippen molar-refractivity contribution in [2.75, 3.05) is 0 Å². The van der Waals surface area contributed by atoms with Crippen LogP contribution >= 0.6 is 34.5 Å². The molecule has 136 valence electrons. The normalized spacial score (nSPS) is 13.0. The third-order valence-electron chi connectivity index (χ3n) is 3.75. The minimum atomic E-state index is -0.653. The Morgan fingerprint density at radius 1 is 1.30 bits per heavy atom. The highest BCUT2D eigenvalue weighted by Gasteiger charge is 2.16. The second kappa shape index (κ2) is 6.72. The lowest BCUT2D eigenvalue weighted by molar-refractivity contribution is 0.419. The van der Waals surface area contributed by atoms with Crippen LogP contribution in [0.5, 0.6) is 5.88 Å². The van der Waals surface area contributed by atoms with Crippen molar-refractivity contribution in [1.29, 1.82) is 0 Å². The molecule has 0 spiro atoms. The molecule has 2 N–H and O–H groups in total. The van der Waals surface area contributed by atoms with Crippen LogP contribution in [0.4, 0.5) is 5.69 Å². The predicted molar refractivity (Wildman–Crippen MR) is 99.5 cm³/mol. The fourth-order valence-electron chi connectivity index (χ4n) is 2.42. The van der Waals surface area contributed by atoms with E-state index < -0.39 is 10.3 Å². The average molecular weight is 423 g/mol. The molecule has 2 aromatic heterocycles. The van der Waals surface area contributed by atoms with Crippen molar-refractivity contribution in [2.45, 2.75) is 6.54 Å². The van der Waals surface area contributed by atoms with Gasteiger partial charge in [0.05, 0.1) is 17.1 Å². The zero-order chi connectivity index (χ0) is 19.1. The molecule has 0 amide bonds. The molecule has 0 saturated carbocycles. The second-order valence-electron chi connectivity index (χ2n) is 5.46. The lowest BCUT2D eigenvalue weighted by atomic mass is 10.2. The van der Waals surface area contributed by atoms with Crippen LogP contribution in [-0.2, 0) is 6.54 Å². The van der Waals surface area contributed by atoms with Crippen molar-refractivity contribution in [2.24, 2.45) is 15.4 Å². The molecular formula is C15H8Cl2N6O3S. The molecule has 1 aromatic carbocycles. The third-order valence-corrected chi connectivity index (χ3v) is 5.32. The Morgan fingerprint density at radius 2 is 2.11 bits per heavy atom. The van der Waals surface area contributed by atoms with Gasteiger partial charge in [-0.15, -0.1) is 10.2 Å². The summed E-state index contributed by atoms with van der Waals surface area (Å²) in [5, 5.41) is 28.7. The molecule has 1 aliphatic heterocycles. The van der Waals surface area contributed by atoms with Gasteiger partial charge in [0.25, 0.3) is 0 Å². The van der Waals surface area contributed by atoms with Crippen LogP contribution in [0.15, 0.2) is 43.2 Å². The van der Waals surface area contributed by atoms with E-state index in [2.05, 4.69) is 25.6 Å². The number of aromatic hydroxyl groups is 1. The summed E-state index contributed by atoms with van der Waals surface area (Å²) >= 11 is 12.4. The number of fused-ring (bicyclic) bond motifs is 1. The summed E-state index contributed by atoms with van der Waals surface area (Å²) in [6, 6.07) is 5.24. The highest BCUT2D eigenvalue weighted by Crippen LogP contribution is 2.22. The molecule has 0 unspecified atom stereocenters. The number of nitrogens with zero attached hydrogens (tertiary/aromatic N) is 5. The lowest BCUT2D eigenvalue weighted by Gasteiger charge is -2.05. The van der Waals surface area contributed by atoms with Crippen LogP contribution in [-0.4, -0.2) is 19.9 Å². The number of hydrogen-bond donors (Lipinski definition) is 2. The predicted octanol–water partition coefficient (Wildman–Crippen LogP) is 1.51. The summed E-state index contributed by atoms with van der Waals surface area (Å²) in [5.41, 5.74) is 0.110. The number of nitrogens with one attached hydrogen (secondary N) is 1. The van der Waals surface area contributed by atoms with E-state index >= 15 is 0 Å². The van der Waals surface area contributed by atoms with Crippen molar-refractivity contribution in [3.63, 3.8) is 0 Å². The van der Waals surface area contributed by atoms with Gasteiger partial charge in [-0.1, -0.05) is 40.6 Å². The summed E-state index contributed by atoms with van der Waals surface area (Å²) in [6.45, 7) is -0.162. The molecule has 3 heterocycles. The van der Waals surface area contributed by atoms with E-state index in [0.717, 1.165) is 15.9 Å². The quantitative estimate of drug-likeness (QED) is 0.663. The van der Waals surface area contributed by atoms with Crippen LogP contribution in [0, 0.1) is 0 Å². The van der Waals surface area contributed by atoms with Crippen molar-refractivity contribution >= 4 is 46.3 Å². The third kappa shape index (κ3) is 3.18. The van der Waals surface area contributed by atoms with Gasteiger partial charge in [0, 0.05) is 0 Å². The number of aromatic nitrogens is 3. The van der Waals surface area contributed by atoms with Gasteiger partial charge >= 0.3 is 4.87 Å². The van der Waals surface area contributed by atoms with Crippen LogP contribution in [0.25, 0.3) is 6.08 Å². The zero-order valence-corrected chi connectivity index (χ0v) is 15.5. The highest BCUT2D eigenvalue weighted by molar-refractivity contribution is 7.10. The molecule has 27 heavy (non-hydrogen) atoms. The van der Waals surface area contributed by atoms with Crippen LogP contribution in [0.1, 0.15) is 10.6 Å². The first-order chi connectivity index (χ1) is 12.9. The Hall–Kier alpha value is -2.82. The summed E-state index contributed by atoms with van der Waals surface area (Å²) in [7, 11) is 0. The second-order valence-corrected chi connectivity index (χ2v) is 7.19. The van der Waals surface area contributed by atoms with E-state index in [1.54, 1.807) is 24.3 Å². The molecule has 0 fully saturated rings. The zero-order valence-electron chi connectivity index (χ0n) is 13.2. The van der Waals surface area contributed by atoms with Gasteiger partial charge < -0.3 is 5.11 Å².